The van der Waals surface area contributed by atoms with Gasteiger partial charge in [0.2, 0.25) is 11.8 Å². The molecule has 0 spiro atoms. The van der Waals surface area contributed by atoms with E-state index in [4.69, 9.17) is 0 Å². The third kappa shape index (κ3) is 4.81. The highest BCUT2D eigenvalue weighted by molar-refractivity contribution is 6.05. The molecule has 3 rings (SSSR count). The van der Waals surface area contributed by atoms with Crippen LogP contribution >= 0.6 is 0 Å². The van der Waals surface area contributed by atoms with Gasteiger partial charge in [0.05, 0.1) is 24.5 Å². The van der Waals surface area contributed by atoms with Gasteiger partial charge in [-0.3, -0.25) is 14.5 Å². The first-order chi connectivity index (χ1) is 15.3. The van der Waals surface area contributed by atoms with Crippen molar-refractivity contribution in [2.24, 2.45) is 17.8 Å². The van der Waals surface area contributed by atoms with E-state index in [0.29, 0.717) is 19.3 Å². The topological polar surface area (TPSA) is 98.1 Å². The van der Waals surface area contributed by atoms with E-state index in [-0.39, 0.29) is 24.2 Å². The summed E-state index contributed by atoms with van der Waals surface area (Å²) in [6.07, 6.45) is 5.43. The monoisotopic (exact) mass is 441 g/mol. The number of carbonyl (C=O) groups excluding carboxylic acids is 2. The molecular weight excluding hydrogens is 406 g/mol. The van der Waals surface area contributed by atoms with Crippen LogP contribution in [0, 0.1) is 17.8 Å². The number of phenols is 1. The molecule has 1 saturated heterocycles. The number of hydrogen-bond donors (Lipinski definition) is 3. The largest absolute Gasteiger partial charge is 0.508 e. The number of phenolic OH excluding ortho intramolecular Hbond substituents is 1. The van der Waals surface area contributed by atoms with Crippen LogP contribution < -0.4 is 0 Å². The highest BCUT2D eigenvalue weighted by Gasteiger charge is 2.53. The molecule has 2 amide bonds. The van der Waals surface area contributed by atoms with Crippen molar-refractivity contribution in [1.82, 2.24) is 4.90 Å². The molecule has 1 aliphatic carbocycles. The quantitative estimate of drug-likeness (QED) is 0.401. The predicted octanol–water partition coefficient (Wildman–Crippen LogP) is 3.67. The van der Waals surface area contributed by atoms with Crippen molar-refractivity contribution >= 4 is 17.9 Å². The fourth-order valence-electron chi connectivity index (χ4n) is 5.29. The molecule has 0 radical (unpaired) electrons. The number of aliphatic hydroxyl groups excluding tert-OH is 2. The predicted molar refractivity (Wildman–Crippen MR) is 123 cm³/mol. The number of benzene rings is 1. The van der Waals surface area contributed by atoms with Crippen molar-refractivity contribution < 1.29 is 24.9 Å². The van der Waals surface area contributed by atoms with Crippen molar-refractivity contribution in [3.8, 4) is 5.75 Å². The number of hydrogen-bond acceptors (Lipinski definition) is 5. The number of aliphatic hydroxyl groups is 2. The van der Waals surface area contributed by atoms with Crippen LogP contribution in [0.1, 0.15) is 57.9 Å². The molecule has 3 N–H and O–H groups in total. The van der Waals surface area contributed by atoms with Gasteiger partial charge in [0.1, 0.15) is 5.75 Å². The van der Waals surface area contributed by atoms with Gasteiger partial charge in [0.15, 0.2) is 0 Å². The number of allylic oxidation sites excluding steroid dienone is 2. The zero-order valence-corrected chi connectivity index (χ0v) is 19.3. The van der Waals surface area contributed by atoms with Gasteiger partial charge in [-0.05, 0) is 55.4 Å². The van der Waals surface area contributed by atoms with E-state index in [2.05, 4.69) is 19.9 Å². The van der Waals surface area contributed by atoms with Crippen molar-refractivity contribution in [3.63, 3.8) is 0 Å². The van der Waals surface area contributed by atoms with E-state index in [1.807, 2.05) is 12.1 Å². The molecule has 1 aromatic carbocycles. The zero-order chi connectivity index (χ0) is 23.4. The Balaban J connectivity index is 1.83. The maximum absolute atomic E-state index is 12.8. The number of imide groups is 1. The average Bonchev–Trinajstić information content (AvgIpc) is 3.00. The highest BCUT2D eigenvalue weighted by atomic mass is 16.3. The maximum Gasteiger partial charge on any atom is 0.233 e. The Labute approximate surface area is 190 Å². The van der Waals surface area contributed by atoms with Gasteiger partial charge in [-0.25, -0.2) is 0 Å². The Morgan fingerprint density at radius 2 is 1.88 bits per heavy atom. The van der Waals surface area contributed by atoms with E-state index in [9.17, 15) is 24.9 Å². The van der Waals surface area contributed by atoms with E-state index in [1.54, 1.807) is 12.1 Å². The van der Waals surface area contributed by atoms with E-state index in [0.717, 1.165) is 36.0 Å². The number of carbonyl (C=O) groups is 2. The second kappa shape index (κ2) is 10.5. The molecule has 6 nitrogen and oxygen atoms in total. The lowest BCUT2D eigenvalue weighted by Crippen LogP contribution is -2.39. The van der Waals surface area contributed by atoms with Gasteiger partial charge < -0.3 is 15.3 Å². The first-order valence-corrected chi connectivity index (χ1v) is 11.6. The standard InChI is InChI=1S/C26H35NO5/c1-4-6-18-14-20-24(26(32)27(3)25(20)31)21(15-28)23(18)22(30)12-9-16(5-2)13-17-7-10-19(29)11-8-17/h7-8,10-11,13,20-22,24,28-30H,4-6,9,12,14-15H2,1-3H3/b16-13+/t20-,21+,22-,24-/m1/s1. The SMILES string of the molecule is CCCC1=C([C@H](O)CC/C(=C/c2ccc(O)cc2)CC)[C@H](CO)[C@@H]2C(=O)N(C)C(=O)[C@@H]2C1. The Kier molecular flexibility index (Phi) is 7.91. The molecule has 1 aromatic rings. The van der Waals surface area contributed by atoms with Crippen LogP contribution in [0.2, 0.25) is 0 Å². The minimum atomic E-state index is -0.766. The average molecular weight is 442 g/mol. The molecule has 174 valence electrons. The summed E-state index contributed by atoms with van der Waals surface area (Å²) < 4.78 is 0. The summed E-state index contributed by atoms with van der Waals surface area (Å²) >= 11 is 0. The molecule has 1 heterocycles. The summed E-state index contributed by atoms with van der Waals surface area (Å²) in [7, 11) is 1.51. The molecule has 0 aromatic heterocycles. The van der Waals surface area contributed by atoms with Gasteiger partial charge in [-0.2, -0.15) is 0 Å². The Bertz CT molecular complexity index is 901. The van der Waals surface area contributed by atoms with Gasteiger partial charge in [-0.1, -0.05) is 49.6 Å². The maximum atomic E-state index is 12.8. The molecule has 6 heteroatoms. The minimum Gasteiger partial charge on any atom is -0.508 e. The Morgan fingerprint density at radius 1 is 1.19 bits per heavy atom. The molecule has 32 heavy (non-hydrogen) atoms. The van der Waals surface area contributed by atoms with Crippen LogP contribution in [-0.4, -0.2) is 51.8 Å². The fraction of sp³-hybridized carbons (Fsp3) is 0.538. The lowest BCUT2D eigenvalue weighted by atomic mass is 9.67. The van der Waals surface area contributed by atoms with Crippen LogP contribution in [0.3, 0.4) is 0 Å². The lowest BCUT2D eigenvalue weighted by molar-refractivity contribution is -0.138. The number of likely N-dealkylation sites (tertiary alicyclic amines) is 1. The third-order valence-corrected chi connectivity index (χ3v) is 6.97. The normalized spacial score (nSPS) is 24.8. The van der Waals surface area contributed by atoms with Crippen LogP contribution in [0.4, 0.5) is 0 Å². The van der Waals surface area contributed by atoms with Crippen molar-refractivity contribution in [2.45, 2.75) is 58.5 Å². The summed E-state index contributed by atoms with van der Waals surface area (Å²) in [5.41, 5.74) is 3.96. The first-order valence-electron chi connectivity index (χ1n) is 11.6. The van der Waals surface area contributed by atoms with Crippen LogP contribution in [0.25, 0.3) is 6.08 Å². The zero-order valence-electron chi connectivity index (χ0n) is 19.3. The molecular formula is C26H35NO5. The lowest BCUT2D eigenvalue weighted by Gasteiger charge is -2.36. The molecule has 4 atom stereocenters. The van der Waals surface area contributed by atoms with Gasteiger partial charge in [-0.15, -0.1) is 0 Å². The summed E-state index contributed by atoms with van der Waals surface area (Å²) in [5.74, 6) is -1.73. The fourth-order valence-corrected chi connectivity index (χ4v) is 5.29. The van der Waals surface area contributed by atoms with E-state index < -0.39 is 23.9 Å². The van der Waals surface area contributed by atoms with Crippen LogP contribution in [-0.2, 0) is 9.59 Å². The second-order valence-electron chi connectivity index (χ2n) is 8.97. The van der Waals surface area contributed by atoms with Gasteiger partial charge >= 0.3 is 0 Å². The number of rotatable bonds is 9. The minimum absolute atomic E-state index is 0.175. The number of aromatic hydroxyl groups is 1. The number of fused-ring (bicyclic) bond motifs is 1. The highest BCUT2D eigenvalue weighted by Crippen LogP contribution is 2.46. The smallest absolute Gasteiger partial charge is 0.233 e. The summed E-state index contributed by atoms with van der Waals surface area (Å²) in [6.45, 7) is 3.87. The van der Waals surface area contributed by atoms with E-state index >= 15 is 0 Å². The molecule has 0 saturated carbocycles. The third-order valence-electron chi connectivity index (χ3n) is 6.97. The Hall–Kier alpha value is -2.44. The first kappa shape index (κ1) is 24.2. The van der Waals surface area contributed by atoms with Crippen LogP contribution in [0.5, 0.6) is 5.75 Å². The molecule has 0 unspecified atom stereocenters. The number of amides is 2. The van der Waals surface area contributed by atoms with Crippen molar-refractivity contribution in [3.05, 3.63) is 46.5 Å². The summed E-state index contributed by atoms with van der Waals surface area (Å²) in [4.78, 5) is 26.5. The molecule has 1 aliphatic heterocycles. The second-order valence-corrected chi connectivity index (χ2v) is 8.97. The van der Waals surface area contributed by atoms with Crippen molar-refractivity contribution in [1.29, 1.82) is 0 Å². The van der Waals surface area contributed by atoms with Gasteiger partial charge in [0.25, 0.3) is 0 Å². The molecule has 1 fully saturated rings. The van der Waals surface area contributed by atoms with Crippen LogP contribution in [0.15, 0.2) is 41.0 Å². The molecule has 2 aliphatic rings. The number of nitrogens with zero attached hydrogens (tertiary/aromatic N) is 1. The van der Waals surface area contributed by atoms with E-state index in [1.165, 1.54) is 17.5 Å². The van der Waals surface area contributed by atoms with Crippen molar-refractivity contribution in [2.75, 3.05) is 13.7 Å². The Morgan fingerprint density at radius 3 is 2.47 bits per heavy atom. The van der Waals surface area contributed by atoms with Gasteiger partial charge in [0, 0.05) is 13.0 Å². The molecule has 0 bridgehead atoms. The summed E-state index contributed by atoms with van der Waals surface area (Å²) in [6, 6.07) is 7.01. The summed E-state index contributed by atoms with van der Waals surface area (Å²) in [5, 5.41) is 30.9.